The normalized spacial score (nSPS) is 11.6. The lowest BCUT2D eigenvalue weighted by Gasteiger charge is -2.20. The van der Waals surface area contributed by atoms with Gasteiger partial charge < -0.3 is 4.74 Å². The van der Waals surface area contributed by atoms with Gasteiger partial charge in [0.05, 0.1) is 11.0 Å². The monoisotopic (exact) mass is 260 g/mol. The number of Topliss-reactive ketones (excluding diaryl/α,β-unsaturated/α-hetero) is 1. The molecule has 0 unspecified atom stereocenters. The summed E-state index contributed by atoms with van der Waals surface area (Å²) in [6.45, 7) is 6.84. The molecule has 2 aromatic heterocycles. The van der Waals surface area contributed by atoms with Crippen molar-refractivity contribution < 1.29 is 14.3 Å². The molecule has 2 rings (SSSR count). The summed E-state index contributed by atoms with van der Waals surface area (Å²) in [5.41, 5.74) is 0.954. The van der Waals surface area contributed by atoms with E-state index in [0.29, 0.717) is 16.6 Å². The van der Waals surface area contributed by atoms with E-state index in [0.717, 1.165) is 0 Å². The van der Waals surface area contributed by atoms with Crippen LogP contribution in [0.15, 0.2) is 24.5 Å². The lowest BCUT2D eigenvalue weighted by molar-refractivity contribution is 0.0544. The molecule has 5 nitrogen and oxygen atoms in total. The van der Waals surface area contributed by atoms with E-state index >= 15 is 0 Å². The molecule has 0 N–H and O–H groups in total. The van der Waals surface area contributed by atoms with Crippen molar-refractivity contribution in [1.29, 1.82) is 0 Å². The third-order valence-electron chi connectivity index (χ3n) is 2.54. The van der Waals surface area contributed by atoms with Crippen LogP contribution in [0.1, 0.15) is 38.1 Å². The summed E-state index contributed by atoms with van der Waals surface area (Å²) in [6, 6.07) is 3.29. The van der Waals surface area contributed by atoms with Gasteiger partial charge in [0.15, 0.2) is 5.78 Å². The summed E-state index contributed by atoms with van der Waals surface area (Å²) in [5.74, 6) is -0.115. The maximum absolute atomic E-state index is 12.1. The predicted octanol–water partition coefficient (Wildman–Crippen LogP) is 3.02. The Morgan fingerprint density at radius 1 is 1.26 bits per heavy atom. The molecule has 0 amide bonds. The first kappa shape index (κ1) is 13.3. The summed E-state index contributed by atoms with van der Waals surface area (Å²) in [6.07, 6.45) is 2.61. The Bertz CT molecular complexity index is 650. The minimum Gasteiger partial charge on any atom is -0.443 e. The first-order valence-corrected chi connectivity index (χ1v) is 6.00. The summed E-state index contributed by atoms with van der Waals surface area (Å²) in [4.78, 5) is 27.9. The van der Waals surface area contributed by atoms with Crippen molar-refractivity contribution in [3.05, 3.63) is 30.1 Å². The average molecular weight is 260 g/mol. The van der Waals surface area contributed by atoms with Gasteiger partial charge >= 0.3 is 6.09 Å². The molecule has 2 heterocycles. The molecule has 0 saturated carbocycles. The quantitative estimate of drug-likeness (QED) is 0.739. The zero-order valence-electron chi connectivity index (χ0n) is 11.4. The van der Waals surface area contributed by atoms with Crippen molar-refractivity contribution in [2.45, 2.75) is 33.3 Å². The van der Waals surface area contributed by atoms with Crippen molar-refractivity contribution in [2.24, 2.45) is 0 Å². The van der Waals surface area contributed by atoms with Crippen LogP contribution in [0, 0.1) is 0 Å². The fourth-order valence-corrected chi connectivity index (χ4v) is 1.81. The van der Waals surface area contributed by atoms with Gasteiger partial charge in [0.25, 0.3) is 0 Å². The summed E-state index contributed by atoms with van der Waals surface area (Å²) < 4.78 is 6.63. The van der Waals surface area contributed by atoms with E-state index in [1.807, 2.05) is 0 Å². The topological polar surface area (TPSA) is 61.2 Å². The number of hydrogen-bond donors (Lipinski definition) is 0. The maximum Gasteiger partial charge on any atom is 0.419 e. The number of carbonyl (C=O) groups is 2. The molecule has 0 atom stereocenters. The third kappa shape index (κ3) is 2.65. The van der Waals surface area contributed by atoms with Crippen LogP contribution in [0.5, 0.6) is 0 Å². The van der Waals surface area contributed by atoms with E-state index in [1.165, 1.54) is 11.5 Å². The number of rotatable bonds is 1. The number of ketones is 1. The molecule has 100 valence electrons. The van der Waals surface area contributed by atoms with Gasteiger partial charge in [-0.2, -0.15) is 0 Å². The Hall–Kier alpha value is -2.17. The van der Waals surface area contributed by atoms with Crippen LogP contribution in [0.3, 0.4) is 0 Å². The van der Waals surface area contributed by atoms with Gasteiger partial charge in [-0.3, -0.25) is 14.3 Å². The fourth-order valence-electron chi connectivity index (χ4n) is 1.81. The van der Waals surface area contributed by atoms with E-state index in [2.05, 4.69) is 4.98 Å². The van der Waals surface area contributed by atoms with Crippen molar-refractivity contribution in [3.8, 4) is 0 Å². The van der Waals surface area contributed by atoms with Gasteiger partial charge in [-0.15, -0.1) is 0 Å². The standard InChI is InChI=1S/C14H16N2O3/c1-9(17)10-5-7-15-11-6-8-16(12(10)11)13(18)19-14(2,3)4/h5-8H,1-4H3. The second-order valence-electron chi connectivity index (χ2n) is 5.31. The second kappa shape index (κ2) is 4.50. The summed E-state index contributed by atoms with van der Waals surface area (Å²) in [5, 5.41) is 0. The Balaban J connectivity index is 2.56. The molecule has 0 spiro atoms. The minimum atomic E-state index is -0.591. The fraction of sp³-hybridized carbons (Fsp3) is 0.357. The number of pyridine rings is 1. The van der Waals surface area contributed by atoms with Crippen LogP contribution in [0.2, 0.25) is 0 Å². The van der Waals surface area contributed by atoms with E-state index in [-0.39, 0.29) is 5.78 Å². The summed E-state index contributed by atoms with van der Waals surface area (Å²) >= 11 is 0. The van der Waals surface area contributed by atoms with Crippen molar-refractivity contribution in [3.63, 3.8) is 0 Å². The first-order chi connectivity index (χ1) is 8.79. The highest BCUT2D eigenvalue weighted by Crippen LogP contribution is 2.20. The first-order valence-electron chi connectivity index (χ1n) is 6.00. The third-order valence-corrected chi connectivity index (χ3v) is 2.54. The van der Waals surface area contributed by atoms with Crippen molar-refractivity contribution in [1.82, 2.24) is 9.55 Å². The number of ether oxygens (including phenoxy) is 1. The smallest absolute Gasteiger partial charge is 0.419 e. The number of fused-ring (bicyclic) bond motifs is 1. The van der Waals surface area contributed by atoms with E-state index < -0.39 is 11.7 Å². The van der Waals surface area contributed by atoms with Gasteiger partial charge in [0, 0.05) is 18.0 Å². The van der Waals surface area contributed by atoms with Gasteiger partial charge in [0.1, 0.15) is 5.60 Å². The Morgan fingerprint density at radius 3 is 2.53 bits per heavy atom. The number of carbonyl (C=O) groups excluding carboxylic acids is 2. The van der Waals surface area contributed by atoms with Gasteiger partial charge in [-0.05, 0) is 39.8 Å². The molecular formula is C14H16N2O3. The molecule has 0 radical (unpaired) electrons. The molecule has 0 aliphatic carbocycles. The van der Waals surface area contributed by atoms with E-state index in [4.69, 9.17) is 4.74 Å². The van der Waals surface area contributed by atoms with E-state index in [9.17, 15) is 9.59 Å². The maximum atomic E-state index is 12.1. The Labute approximate surface area is 111 Å². The van der Waals surface area contributed by atoms with Gasteiger partial charge in [-0.1, -0.05) is 0 Å². The van der Waals surface area contributed by atoms with Crippen LogP contribution in [0.25, 0.3) is 11.0 Å². The molecular weight excluding hydrogens is 244 g/mol. The van der Waals surface area contributed by atoms with Crippen LogP contribution >= 0.6 is 0 Å². The molecule has 0 aromatic carbocycles. The van der Waals surface area contributed by atoms with Crippen molar-refractivity contribution >= 4 is 22.9 Å². The zero-order chi connectivity index (χ0) is 14.2. The van der Waals surface area contributed by atoms with Gasteiger partial charge in [-0.25, -0.2) is 4.79 Å². The lowest BCUT2D eigenvalue weighted by atomic mass is 10.1. The molecule has 0 aliphatic heterocycles. The number of aromatic nitrogens is 2. The number of hydrogen-bond acceptors (Lipinski definition) is 4. The lowest BCUT2D eigenvalue weighted by Crippen LogP contribution is -2.27. The molecule has 19 heavy (non-hydrogen) atoms. The summed E-state index contributed by atoms with van der Waals surface area (Å²) in [7, 11) is 0. The minimum absolute atomic E-state index is 0.115. The molecule has 5 heteroatoms. The van der Waals surface area contributed by atoms with Crippen LogP contribution in [-0.2, 0) is 4.74 Å². The highest BCUT2D eigenvalue weighted by Gasteiger charge is 2.21. The Kier molecular flexibility index (Phi) is 3.14. The van der Waals surface area contributed by atoms with Gasteiger partial charge in [0.2, 0.25) is 0 Å². The zero-order valence-corrected chi connectivity index (χ0v) is 11.4. The molecule has 0 fully saturated rings. The van der Waals surface area contributed by atoms with Crippen LogP contribution in [0.4, 0.5) is 4.79 Å². The molecule has 0 saturated heterocycles. The molecule has 0 aliphatic rings. The van der Waals surface area contributed by atoms with Crippen LogP contribution < -0.4 is 0 Å². The van der Waals surface area contributed by atoms with Crippen LogP contribution in [-0.4, -0.2) is 27.0 Å². The largest absolute Gasteiger partial charge is 0.443 e. The number of nitrogens with zero attached hydrogens (tertiary/aromatic N) is 2. The van der Waals surface area contributed by atoms with Crippen molar-refractivity contribution in [2.75, 3.05) is 0 Å². The second-order valence-corrected chi connectivity index (χ2v) is 5.31. The highest BCUT2D eigenvalue weighted by atomic mass is 16.6. The molecule has 2 aromatic rings. The highest BCUT2D eigenvalue weighted by molar-refractivity contribution is 6.06. The average Bonchev–Trinajstić information content (AvgIpc) is 2.69. The SMILES string of the molecule is CC(=O)c1ccnc2ccn(C(=O)OC(C)(C)C)c12. The predicted molar refractivity (Wildman–Crippen MR) is 71.4 cm³/mol. The van der Waals surface area contributed by atoms with E-state index in [1.54, 1.807) is 45.3 Å². The Morgan fingerprint density at radius 2 is 1.95 bits per heavy atom. The molecule has 0 bridgehead atoms.